The van der Waals surface area contributed by atoms with Gasteiger partial charge in [0.25, 0.3) is 6.02 Å². The van der Waals surface area contributed by atoms with Crippen LogP contribution in [0.4, 0.5) is 0 Å². The zero-order valence-corrected chi connectivity index (χ0v) is 25.2. The Morgan fingerprint density at radius 1 is 1.21 bits per heavy atom. The number of quaternary nitrogens is 1. The van der Waals surface area contributed by atoms with Crippen LogP contribution in [0.15, 0.2) is 16.6 Å². The molecule has 0 radical (unpaired) electrons. The van der Waals surface area contributed by atoms with Gasteiger partial charge >= 0.3 is 5.97 Å². The molecular weight excluding hydrogens is 474 g/mol. The lowest BCUT2D eigenvalue weighted by atomic mass is 9.47. The number of aliphatic hydroxyl groups excluding tert-OH is 1. The summed E-state index contributed by atoms with van der Waals surface area (Å²) in [7, 11) is 4.28. The fourth-order valence-electron chi connectivity index (χ4n) is 9.21. The van der Waals surface area contributed by atoms with Gasteiger partial charge in [-0.15, -0.1) is 0 Å². The largest absolute Gasteiger partial charge is 0.393 e. The summed E-state index contributed by atoms with van der Waals surface area (Å²) in [5, 5.41) is 13.4. The molecule has 0 spiro atoms. The number of rotatable bonds is 9. The monoisotopic (exact) mass is 530 g/mol. The van der Waals surface area contributed by atoms with Gasteiger partial charge < -0.3 is 20.1 Å². The normalized spacial score (nSPS) is 37.6. The number of hydrogen-bond donors (Lipinski definition) is 3. The number of aliphatic imine (C=N–C) groups is 1. The molecule has 0 heterocycles. The summed E-state index contributed by atoms with van der Waals surface area (Å²) in [6.07, 6.45) is 14.2. The van der Waals surface area contributed by atoms with Crippen LogP contribution in [0.2, 0.25) is 0 Å². The molecular formula is C32H56N3O3+. The minimum absolute atomic E-state index is 0.132. The van der Waals surface area contributed by atoms with Crippen molar-refractivity contribution in [1.82, 2.24) is 5.32 Å². The molecule has 1 unspecified atom stereocenters. The lowest BCUT2D eigenvalue weighted by Gasteiger charge is -2.58. The van der Waals surface area contributed by atoms with Crippen molar-refractivity contribution in [1.29, 1.82) is 0 Å². The predicted octanol–water partition coefficient (Wildman–Crippen LogP) is 4.39. The van der Waals surface area contributed by atoms with E-state index < -0.39 is 0 Å². The maximum Gasteiger partial charge on any atom is 0.313 e. The van der Waals surface area contributed by atoms with Gasteiger partial charge in [0.2, 0.25) is 0 Å². The molecule has 4 rings (SSSR count). The van der Waals surface area contributed by atoms with Crippen LogP contribution < -0.4 is 10.2 Å². The molecule has 216 valence electrons. The molecule has 0 saturated heterocycles. The highest BCUT2D eigenvalue weighted by atomic mass is 16.6. The van der Waals surface area contributed by atoms with Crippen LogP contribution in [-0.4, -0.2) is 56.9 Å². The third kappa shape index (κ3) is 6.16. The molecule has 0 amide bonds. The number of carbonyl (C=O) groups is 1. The minimum Gasteiger partial charge on any atom is -0.393 e. The number of allylic oxidation sites excluding steroid dienone is 1. The Hall–Kier alpha value is -1.40. The first-order chi connectivity index (χ1) is 18.1. The van der Waals surface area contributed by atoms with Crippen LogP contribution in [-0.2, 0) is 9.53 Å². The third-order valence-corrected chi connectivity index (χ3v) is 11.3. The minimum atomic E-state index is -0.157. The summed E-state index contributed by atoms with van der Waals surface area (Å²) in [4.78, 5) is 18.7. The Morgan fingerprint density at radius 3 is 2.74 bits per heavy atom. The van der Waals surface area contributed by atoms with Crippen LogP contribution in [0.3, 0.4) is 0 Å². The second-order valence-electron chi connectivity index (χ2n) is 13.9. The highest BCUT2D eigenvalue weighted by Crippen LogP contribution is 2.67. The summed E-state index contributed by atoms with van der Waals surface area (Å²) in [5.41, 5.74) is 2.24. The van der Waals surface area contributed by atoms with E-state index in [9.17, 15) is 9.90 Å². The van der Waals surface area contributed by atoms with Gasteiger partial charge in [0, 0.05) is 25.9 Å². The Morgan fingerprint density at radius 2 is 2.00 bits per heavy atom. The van der Waals surface area contributed by atoms with E-state index in [0.29, 0.717) is 48.2 Å². The molecule has 3 fully saturated rings. The molecule has 0 aliphatic heterocycles. The molecule has 0 aromatic rings. The molecule has 0 aromatic carbocycles. The number of aliphatic hydroxyl groups is 1. The summed E-state index contributed by atoms with van der Waals surface area (Å²) in [5.74, 6) is 3.40. The molecule has 6 heteroatoms. The van der Waals surface area contributed by atoms with E-state index in [1.54, 1.807) is 5.57 Å². The first-order valence-corrected chi connectivity index (χ1v) is 15.7. The number of amidine groups is 1. The molecule has 4 aliphatic carbocycles. The van der Waals surface area contributed by atoms with Crippen molar-refractivity contribution in [3.8, 4) is 0 Å². The van der Waals surface area contributed by atoms with E-state index in [4.69, 9.17) is 4.74 Å². The smallest absolute Gasteiger partial charge is 0.313 e. The van der Waals surface area contributed by atoms with Crippen molar-refractivity contribution in [3.05, 3.63) is 11.6 Å². The molecule has 3 N–H and O–H groups in total. The van der Waals surface area contributed by atoms with E-state index in [-0.39, 0.29) is 12.1 Å². The van der Waals surface area contributed by atoms with Crippen LogP contribution >= 0.6 is 0 Å². The van der Waals surface area contributed by atoms with Crippen molar-refractivity contribution >= 4 is 12.0 Å². The number of hydrogen-bond acceptors (Lipinski definition) is 4. The van der Waals surface area contributed by atoms with E-state index in [1.807, 2.05) is 6.92 Å². The third-order valence-electron chi connectivity index (χ3n) is 11.3. The Kier molecular flexibility index (Phi) is 9.66. The number of carbonyl (C=O) groups excluding carboxylic acids is 1. The molecule has 4 aliphatic rings. The van der Waals surface area contributed by atoms with Gasteiger partial charge in [0.05, 0.1) is 26.7 Å². The van der Waals surface area contributed by atoms with Crippen molar-refractivity contribution in [3.63, 3.8) is 0 Å². The van der Waals surface area contributed by atoms with Crippen molar-refractivity contribution in [2.24, 2.45) is 45.4 Å². The number of ether oxygens (including phenoxy) is 1. The molecule has 38 heavy (non-hydrogen) atoms. The summed E-state index contributed by atoms with van der Waals surface area (Å²) in [6, 6.07) is 0.388. The van der Waals surface area contributed by atoms with Crippen molar-refractivity contribution in [2.45, 2.75) is 104 Å². The average molecular weight is 531 g/mol. The fourth-order valence-corrected chi connectivity index (χ4v) is 9.21. The van der Waals surface area contributed by atoms with Crippen LogP contribution in [0, 0.1) is 40.4 Å². The van der Waals surface area contributed by atoms with Crippen molar-refractivity contribution in [2.75, 3.05) is 33.7 Å². The molecule has 8 atom stereocenters. The zero-order chi connectivity index (χ0) is 27.5. The standard InChI is InChI=1S/C32H55N3O3/c1-7-33-30(34-19-8-20-35(5)6)38-29(37)14-9-22(2)26-12-13-27-25-11-10-23-21-24(36)15-17-31(23,3)28(25)16-18-32(26,27)4/h10,22,24-28,36H,7-9,11-21H2,1-6H3,(H,33,34)/p+1/t22?,24-,25-,26+,27-,28-,31-,32+/m0/s1. The van der Waals surface area contributed by atoms with Gasteiger partial charge in [0.15, 0.2) is 0 Å². The van der Waals surface area contributed by atoms with Gasteiger partial charge in [-0.05, 0) is 105 Å². The second kappa shape index (κ2) is 12.4. The van der Waals surface area contributed by atoms with E-state index in [0.717, 1.165) is 56.4 Å². The van der Waals surface area contributed by atoms with Gasteiger partial charge in [-0.1, -0.05) is 32.4 Å². The lowest BCUT2D eigenvalue weighted by molar-refractivity contribution is -0.858. The predicted molar refractivity (Wildman–Crippen MR) is 154 cm³/mol. The Bertz CT molecular complexity index is 885. The second-order valence-corrected chi connectivity index (χ2v) is 13.9. The number of nitrogens with zero attached hydrogens (tertiary/aromatic N) is 1. The summed E-state index contributed by atoms with van der Waals surface area (Å²) < 4.78 is 5.65. The van der Waals surface area contributed by atoms with Crippen LogP contribution in [0.25, 0.3) is 0 Å². The first-order valence-electron chi connectivity index (χ1n) is 15.7. The van der Waals surface area contributed by atoms with Gasteiger partial charge in [-0.3, -0.25) is 4.79 Å². The van der Waals surface area contributed by atoms with Crippen molar-refractivity contribution < 1.29 is 19.5 Å². The molecule has 0 bridgehead atoms. The quantitative estimate of drug-likeness (QED) is 0.136. The number of nitrogens with one attached hydrogen (secondary N) is 2. The van der Waals surface area contributed by atoms with Gasteiger partial charge in [0.1, 0.15) is 0 Å². The van der Waals surface area contributed by atoms with E-state index in [2.05, 4.69) is 51.3 Å². The van der Waals surface area contributed by atoms with E-state index >= 15 is 0 Å². The van der Waals surface area contributed by atoms with Crippen LogP contribution in [0.5, 0.6) is 0 Å². The topological polar surface area (TPSA) is 75.4 Å². The maximum atomic E-state index is 12.8. The van der Waals surface area contributed by atoms with Crippen LogP contribution in [0.1, 0.15) is 98.3 Å². The summed E-state index contributed by atoms with van der Waals surface area (Å²) in [6.45, 7) is 11.9. The summed E-state index contributed by atoms with van der Waals surface area (Å²) >= 11 is 0. The molecule has 6 nitrogen and oxygen atoms in total. The SMILES string of the molecule is CCNC(=NCCC[NH+](C)C)OC(=O)CCC(C)[C@H]1CC[C@H]2[C@@H]3CC=C4C[C@@H](O)CC[C@]4(C)[C@H]3CC[C@]12C. The Labute approximate surface area is 232 Å². The first kappa shape index (κ1) is 29.6. The molecule has 3 saturated carbocycles. The Balaban J connectivity index is 1.33. The number of fused-ring (bicyclic) bond motifs is 5. The lowest BCUT2D eigenvalue weighted by Crippen LogP contribution is -3.05. The van der Waals surface area contributed by atoms with E-state index in [1.165, 1.54) is 37.0 Å². The number of esters is 1. The highest BCUT2D eigenvalue weighted by Gasteiger charge is 2.59. The fraction of sp³-hybridized carbons (Fsp3) is 0.875. The highest BCUT2D eigenvalue weighted by molar-refractivity contribution is 5.87. The van der Waals surface area contributed by atoms with Gasteiger partial charge in [-0.2, -0.15) is 0 Å². The average Bonchev–Trinajstić information content (AvgIpc) is 3.23. The zero-order valence-electron chi connectivity index (χ0n) is 25.2. The maximum absolute atomic E-state index is 12.8. The molecule has 0 aromatic heterocycles. The van der Waals surface area contributed by atoms with Gasteiger partial charge in [-0.25, -0.2) is 4.99 Å².